The number of carbonyl (C=O) groups is 3. The number of nitrogens with two attached hydrogens (primary N) is 1. The Kier molecular flexibility index (Phi) is 10.4. The molecular weight excluding hydrogens is 454 g/mol. The largest absolute Gasteiger partial charge is 0.445 e. The fourth-order valence-electron chi connectivity index (χ4n) is 3.02. The summed E-state index contributed by atoms with van der Waals surface area (Å²) < 4.78 is 6.34. The molecule has 0 fully saturated rings. The molecule has 0 saturated heterocycles. The lowest BCUT2D eigenvalue weighted by molar-refractivity contribution is -0.118. The molecule has 1 aromatic heterocycles. The highest BCUT2D eigenvalue weighted by atomic mass is 16.5. The molecule has 12 heteroatoms. The Hall–Kier alpha value is -4.19. The van der Waals surface area contributed by atoms with Gasteiger partial charge < -0.3 is 31.5 Å². The number of amides is 4. The molecular formula is C23H31N7O5. The van der Waals surface area contributed by atoms with E-state index in [1.54, 1.807) is 42.6 Å². The van der Waals surface area contributed by atoms with E-state index in [2.05, 4.69) is 32.8 Å². The number of aromatic nitrogens is 3. The summed E-state index contributed by atoms with van der Waals surface area (Å²) in [5.74, 6) is -0.475. The number of aliphatic hydroxyl groups is 1. The van der Waals surface area contributed by atoms with E-state index in [1.807, 2.05) is 13.8 Å². The lowest BCUT2D eigenvalue weighted by Crippen LogP contribution is -2.32. The molecule has 0 spiro atoms. The molecule has 0 aliphatic carbocycles. The summed E-state index contributed by atoms with van der Waals surface area (Å²) in [5.41, 5.74) is 6.74. The molecule has 0 saturated carbocycles. The zero-order valence-corrected chi connectivity index (χ0v) is 19.7. The van der Waals surface area contributed by atoms with Gasteiger partial charge in [0, 0.05) is 12.2 Å². The number of alkyl carbamates (subject to hydrolysis) is 1. The SMILES string of the molecule is C=CCOC(=O)NC(c1cn(C(C=CCNC(N)=O)C(=O)Nc2ccc(CO)cc2)nn1)C(C)C. The number of anilines is 1. The van der Waals surface area contributed by atoms with E-state index in [0.717, 1.165) is 0 Å². The van der Waals surface area contributed by atoms with Crippen LogP contribution in [-0.4, -0.2) is 51.3 Å². The smallest absolute Gasteiger partial charge is 0.407 e. The number of hydrogen-bond acceptors (Lipinski definition) is 7. The van der Waals surface area contributed by atoms with Crippen molar-refractivity contribution in [1.82, 2.24) is 25.6 Å². The van der Waals surface area contributed by atoms with Gasteiger partial charge in [-0.1, -0.05) is 56.0 Å². The number of hydrogen-bond donors (Lipinski definition) is 5. The second-order valence-electron chi connectivity index (χ2n) is 7.84. The van der Waals surface area contributed by atoms with Gasteiger partial charge in [-0.3, -0.25) is 4.79 Å². The van der Waals surface area contributed by atoms with Crippen LogP contribution in [-0.2, 0) is 16.1 Å². The number of nitrogens with zero attached hydrogens (tertiary/aromatic N) is 3. The van der Waals surface area contributed by atoms with Crippen molar-refractivity contribution in [2.45, 2.75) is 32.5 Å². The fraction of sp³-hybridized carbons (Fsp3) is 0.348. The van der Waals surface area contributed by atoms with E-state index >= 15 is 0 Å². The maximum atomic E-state index is 13.1. The number of nitrogens with one attached hydrogen (secondary N) is 3. The van der Waals surface area contributed by atoms with Crippen LogP contribution in [0.2, 0.25) is 0 Å². The van der Waals surface area contributed by atoms with Crippen LogP contribution in [0.25, 0.3) is 0 Å². The first-order valence-corrected chi connectivity index (χ1v) is 10.9. The van der Waals surface area contributed by atoms with Crippen LogP contribution in [0.5, 0.6) is 0 Å². The number of ether oxygens (including phenoxy) is 1. The van der Waals surface area contributed by atoms with Crippen LogP contribution in [0.1, 0.15) is 37.2 Å². The van der Waals surface area contributed by atoms with E-state index < -0.39 is 30.1 Å². The van der Waals surface area contributed by atoms with Gasteiger partial charge in [-0.25, -0.2) is 14.3 Å². The van der Waals surface area contributed by atoms with Gasteiger partial charge >= 0.3 is 12.1 Å². The summed E-state index contributed by atoms with van der Waals surface area (Å²) in [6.45, 7) is 7.36. The molecule has 0 aliphatic heterocycles. The van der Waals surface area contributed by atoms with Crippen molar-refractivity contribution in [2.24, 2.45) is 11.7 Å². The third-order valence-corrected chi connectivity index (χ3v) is 4.79. The summed E-state index contributed by atoms with van der Waals surface area (Å²) >= 11 is 0. The van der Waals surface area contributed by atoms with Crippen LogP contribution in [0.4, 0.5) is 15.3 Å². The fourth-order valence-corrected chi connectivity index (χ4v) is 3.02. The molecule has 2 atom stereocenters. The first-order valence-electron chi connectivity index (χ1n) is 10.9. The van der Waals surface area contributed by atoms with Crippen molar-refractivity contribution in [3.05, 3.63) is 66.5 Å². The minimum absolute atomic E-state index is 0.0518. The van der Waals surface area contributed by atoms with Crippen LogP contribution >= 0.6 is 0 Å². The molecule has 2 unspecified atom stereocenters. The summed E-state index contributed by atoms with van der Waals surface area (Å²) in [7, 11) is 0. The third kappa shape index (κ3) is 8.59. The minimum atomic E-state index is -0.927. The van der Waals surface area contributed by atoms with E-state index in [9.17, 15) is 19.5 Å². The highest BCUT2D eigenvalue weighted by molar-refractivity contribution is 5.94. The monoisotopic (exact) mass is 485 g/mol. The van der Waals surface area contributed by atoms with Gasteiger partial charge in [0.2, 0.25) is 0 Å². The number of primary amides is 1. The van der Waals surface area contributed by atoms with Gasteiger partial charge in [-0.2, -0.15) is 0 Å². The number of urea groups is 1. The number of benzene rings is 1. The predicted molar refractivity (Wildman–Crippen MR) is 129 cm³/mol. The van der Waals surface area contributed by atoms with Crippen molar-refractivity contribution in [3.63, 3.8) is 0 Å². The van der Waals surface area contributed by atoms with Gasteiger partial charge in [-0.05, 0) is 23.6 Å². The molecule has 1 aromatic carbocycles. The van der Waals surface area contributed by atoms with Gasteiger partial charge in [0.1, 0.15) is 12.3 Å². The highest BCUT2D eigenvalue weighted by Crippen LogP contribution is 2.22. The number of carbonyl (C=O) groups excluding carboxylic acids is 3. The average Bonchev–Trinajstić information content (AvgIpc) is 3.30. The number of aliphatic hydroxyl groups excluding tert-OH is 1. The normalized spacial score (nSPS) is 12.7. The molecule has 35 heavy (non-hydrogen) atoms. The van der Waals surface area contributed by atoms with Crippen molar-refractivity contribution < 1.29 is 24.2 Å². The predicted octanol–water partition coefficient (Wildman–Crippen LogP) is 1.78. The Morgan fingerprint density at radius 1 is 1.26 bits per heavy atom. The first-order chi connectivity index (χ1) is 16.7. The molecule has 0 aliphatic rings. The van der Waals surface area contributed by atoms with Crippen molar-refractivity contribution in [3.8, 4) is 0 Å². The summed E-state index contributed by atoms with van der Waals surface area (Å²) in [4.78, 5) is 36.1. The molecule has 0 bridgehead atoms. The Bertz CT molecular complexity index is 1030. The average molecular weight is 486 g/mol. The molecule has 188 valence electrons. The van der Waals surface area contributed by atoms with Crippen LogP contribution in [0, 0.1) is 5.92 Å². The Morgan fingerprint density at radius 3 is 2.57 bits per heavy atom. The molecule has 2 aromatic rings. The lowest BCUT2D eigenvalue weighted by atomic mass is 10.0. The maximum absolute atomic E-state index is 13.1. The first kappa shape index (κ1) is 27.1. The lowest BCUT2D eigenvalue weighted by Gasteiger charge is -2.19. The van der Waals surface area contributed by atoms with Crippen LogP contribution < -0.4 is 21.7 Å². The Balaban J connectivity index is 2.26. The summed E-state index contributed by atoms with van der Waals surface area (Å²) in [5, 5.41) is 25.4. The van der Waals surface area contributed by atoms with Crippen LogP contribution in [0.15, 0.2) is 55.3 Å². The zero-order valence-electron chi connectivity index (χ0n) is 19.7. The maximum Gasteiger partial charge on any atom is 0.407 e. The third-order valence-electron chi connectivity index (χ3n) is 4.79. The van der Waals surface area contributed by atoms with Crippen molar-refractivity contribution >= 4 is 23.7 Å². The molecule has 2 rings (SSSR count). The second kappa shape index (κ2) is 13.5. The van der Waals surface area contributed by atoms with Crippen molar-refractivity contribution in [1.29, 1.82) is 0 Å². The van der Waals surface area contributed by atoms with E-state index in [4.69, 9.17) is 10.5 Å². The standard InChI is InChI=1S/C23H31N7O5/c1-4-12-35-23(34)27-20(15(2)3)18-13-30(29-28-18)19(6-5-11-25-22(24)33)21(32)26-17-9-7-16(14-31)8-10-17/h4-10,13,15,19-20,31H,1,11-12,14H2,2-3H3,(H,26,32)(H,27,34)(H3,24,25,33). The van der Waals surface area contributed by atoms with E-state index in [1.165, 1.54) is 10.8 Å². The highest BCUT2D eigenvalue weighted by Gasteiger charge is 2.25. The van der Waals surface area contributed by atoms with Gasteiger partial charge in [0.25, 0.3) is 5.91 Å². The summed E-state index contributed by atoms with van der Waals surface area (Å²) in [6.07, 6.45) is 5.50. The zero-order chi connectivity index (χ0) is 25.8. The van der Waals surface area contributed by atoms with Gasteiger partial charge in [0.05, 0.1) is 18.8 Å². The van der Waals surface area contributed by atoms with E-state index in [0.29, 0.717) is 16.9 Å². The molecule has 6 N–H and O–H groups in total. The second-order valence-corrected chi connectivity index (χ2v) is 7.84. The molecule has 4 amide bonds. The van der Waals surface area contributed by atoms with E-state index in [-0.39, 0.29) is 25.7 Å². The van der Waals surface area contributed by atoms with Crippen LogP contribution in [0.3, 0.4) is 0 Å². The minimum Gasteiger partial charge on any atom is -0.445 e. The summed E-state index contributed by atoms with van der Waals surface area (Å²) in [6, 6.07) is 4.57. The molecule has 0 radical (unpaired) electrons. The van der Waals surface area contributed by atoms with Crippen molar-refractivity contribution in [2.75, 3.05) is 18.5 Å². The number of rotatable bonds is 12. The topological polar surface area (TPSA) is 173 Å². The van der Waals surface area contributed by atoms with Gasteiger partial charge in [0.15, 0.2) is 6.04 Å². The quantitative estimate of drug-likeness (QED) is 0.285. The molecule has 12 nitrogen and oxygen atoms in total. The molecule has 1 heterocycles. The Morgan fingerprint density at radius 2 is 1.97 bits per heavy atom. The van der Waals surface area contributed by atoms with Gasteiger partial charge in [-0.15, -0.1) is 5.10 Å². The Labute approximate surface area is 203 Å².